The van der Waals surface area contributed by atoms with Crippen molar-refractivity contribution in [2.24, 2.45) is 0 Å². The van der Waals surface area contributed by atoms with Gasteiger partial charge in [0, 0.05) is 43.1 Å². The summed E-state index contributed by atoms with van der Waals surface area (Å²) < 4.78 is 0. The summed E-state index contributed by atoms with van der Waals surface area (Å²) in [6, 6.07) is 10.6. The van der Waals surface area contributed by atoms with Gasteiger partial charge in [0.1, 0.15) is 5.69 Å². The number of carbonyl (C=O) groups excluding carboxylic acids is 2. The first-order chi connectivity index (χ1) is 13.0. The topological polar surface area (TPSA) is 117 Å². The molecule has 0 spiro atoms. The van der Waals surface area contributed by atoms with Crippen molar-refractivity contribution in [3.05, 3.63) is 64.5 Å². The predicted molar refractivity (Wildman–Crippen MR) is 98.4 cm³/mol. The minimum atomic E-state index is -0.490. The number of rotatable bonds is 4. The van der Waals surface area contributed by atoms with Gasteiger partial charge in [0.2, 0.25) is 0 Å². The molecule has 0 saturated carbocycles. The Balaban J connectivity index is 1.47. The zero-order chi connectivity index (χ0) is 19.2. The highest BCUT2D eigenvalue weighted by Crippen LogP contribution is 2.17. The number of non-ortho nitro benzene ring substituents is 1. The number of hydrogen-bond acceptors (Lipinski definition) is 5. The van der Waals surface area contributed by atoms with Crippen LogP contribution in [0.4, 0.5) is 16.2 Å². The fourth-order valence-electron chi connectivity index (χ4n) is 2.85. The van der Waals surface area contributed by atoms with Crippen molar-refractivity contribution in [2.75, 3.05) is 18.4 Å². The number of aromatic nitrogens is 1. The number of nitro benzene ring substituents is 1. The van der Waals surface area contributed by atoms with Gasteiger partial charge in [0.25, 0.3) is 11.6 Å². The molecule has 1 aromatic carbocycles. The van der Waals surface area contributed by atoms with Crippen molar-refractivity contribution in [1.29, 1.82) is 0 Å². The molecule has 2 N–H and O–H groups in total. The van der Waals surface area contributed by atoms with E-state index >= 15 is 0 Å². The lowest BCUT2D eigenvalue weighted by Crippen LogP contribution is -2.47. The molecule has 0 aliphatic carbocycles. The Bertz CT molecular complexity index is 817. The summed E-state index contributed by atoms with van der Waals surface area (Å²) in [6.07, 6.45) is 2.86. The van der Waals surface area contributed by atoms with Gasteiger partial charge in [-0.25, -0.2) is 4.79 Å². The molecule has 0 radical (unpaired) electrons. The van der Waals surface area contributed by atoms with Crippen LogP contribution in [0.2, 0.25) is 0 Å². The van der Waals surface area contributed by atoms with Crippen molar-refractivity contribution < 1.29 is 14.5 Å². The second kappa shape index (κ2) is 8.26. The molecule has 1 saturated heterocycles. The van der Waals surface area contributed by atoms with Crippen LogP contribution in [0.5, 0.6) is 0 Å². The van der Waals surface area contributed by atoms with Crippen molar-refractivity contribution in [2.45, 2.75) is 18.9 Å². The molecule has 3 amide bonds. The third-order valence-corrected chi connectivity index (χ3v) is 4.34. The van der Waals surface area contributed by atoms with E-state index < -0.39 is 4.92 Å². The van der Waals surface area contributed by atoms with Gasteiger partial charge in [-0.3, -0.25) is 19.9 Å². The van der Waals surface area contributed by atoms with E-state index in [-0.39, 0.29) is 23.7 Å². The molecule has 140 valence electrons. The quantitative estimate of drug-likeness (QED) is 0.634. The third-order valence-electron chi connectivity index (χ3n) is 4.34. The largest absolute Gasteiger partial charge is 0.348 e. The summed E-state index contributed by atoms with van der Waals surface area (Å²) in [7, 11) is 0. The van der Waals surface area contributed by atoms with E-state index in [2.05, 4.69) is 15.6 Å². The number of urea groups is 1. The van der Waals surface area contributed by atoms with E-state index in [0.717, 1.165) is 0 Å². The molecule has 3 rings (SSSR count). The second-order valence-corrected chi connectivity index (χ2v) is 6.18. The van der Waals surface area contributed by atoms with Gasteiger partial charge in [0.15, 0.2) is 0 Å². The Morgan fingerprint density at radius 3 is 2.41 bits per heavy atom. The number of hydrogen-bond donors (Lipinski definition) is 2. The molecule has 1 aliphatic rings. The van der Waals surface area contributed by atoms with Crippen LogP contribution < -0.4 is 10.6 Å². The van der Waals surface area contributed by atoms with Gasteiger partial charge in [-0.15, -0.1) is 0 Å². The fourth-order valence-corrected chi connectivity index (χ4v) is 2.85. The third kappa shape index (κ3) is 4.78. The Labute approximate surface area is 155 Å². The Kier molecular flexibility index (Phi) is 5.60. The standard InChI is InChI=1S/C18H19N5O4/c24-17(16-3-1-2-10-19-16)20-14-8-11-22(12-9-14)18(25)21-13-4-6-15(7-5-13)23(26)27/h1-7,10,14H,8-9,11-12H2,(H,20,24)(H,21,25). The zero-order valence-corrected chi connectivity index (χ0v) is 14.5. The molecule has 0 bridgehead atoms. The molecule has 0 atom stereocenters. The van der Waals surface area contributed by atoms with Gasteiger partial charge in [-0.2, -0.15) is 0 Å². The molecule has 1 aromatic heterocycles. The first-order valence-corrected chi connectivity index (χ1v) is 8.55. The predicted octanol–water partition coefficient (Wildman–Crippen LogP) is 2.42. The van der Waals surface area contributed by atoms with E-state index in [0.29, 0.717) is 37.3 Å². The molecule has 27 heavy (non-hydrogen) atoms. The van der Waals surface area contributed by atoms with Gasteiger partial charge < -0.3 is 15.5 Å². The number of amides is 3. The van der Waals surface area contributed by atoms with Crippen LogP contribution in [0.25, 0.3) is 0 Å². The lowest BCUT2D eigenvalue weighted by molar-refractivity contribution is -0.384. The molecular formula is C18H19N5O4. The normalized spacial score (nSPS) is 14.4. The number of anilines is 1. The molecule has 2 aromatic rings. The van der Waals surface area contributed by atoms with Crippen molar-refractivity contribution in [1.82, 2.24) is 15.2 Å². The highest BCUT2D eigenvalue weighted by molar-refractivity contribution is 5.92. The summed E-state index contributed by atoms with van der Waals surface area (Å²) in [5.74, 6) is -0.218. The minimum Gasteiger partial charge on any atom is -0.348 e. The van der Waals surface area contributed by atoms with Crippen LogP contribution in [0.1, 0.15) is 23.3 Å². The first-order valence-electron chi connectivity index (χ1n) is 8.55. The number of piperidine rings is 1. The summed E-state index contributed by atoms with van der Waals surface area (Å²) in [5, 5.41) is 16.3. The highest BCUT2D eigenvalue weighted by Gasteiger charge is 2.24. The number of nitrogens with one attached hydrogen (secondary N) is 2. The Morgan fingerprint density at radius 2 is 1.81 bits per heavy atom. The number of nitro groups is 1. The van der Waals surface area contributed by atoms with Crippen molar-refractivity contribution in [3.63, 3.8) is 0 Å². The lowest BCUT2D eigenvalue weighted by atomic mass is 10.1. The average Bonchev–Trinajstić information content (AvgIpc) is 2.69. The zero-order valence-electron chi connectivity index (χ0n) is 14.5. The van der Waals surface area contributed by atoms with Gasteiger partial charge in [-0.1, -0.05) is 6.07 Å². The van der Waals surface area contributed by atoms with Crippen molar-refractivity contribution >= 4 is 23.3 Å². The number of nitrogens with zero attached hydrogens (tertiary/aromatic N) is 3. The summed E-state index contributed by atoms with van der Waals surface area (Å²) in [6.45, 7) is 1.01. The Morgan fingerprint density at radius 1 is 1.11 bits per heavy atom. The lowest BCUT2D eigenvalue weighted by Gasteiger charge is -2.32. The Hall–Kier alpha value is -3.49. The van der Waals surface area contributed by atoms with Crippen LogP contribution in [0, 0.1) is 10.1 Å². The molecule has 9 nitrogen and oxygen atoms in total. The number of benzene rings is 1. The molecule has 1 aliphatic heterocycles. The first kappa shape index (κ1) is 18.3. The molecular weight excluding hydrogens is 350 g/mol. The van der Waals surface area contributed by atoms with E-state index in [1.807, 2.05) is 0 Å². The summed E-state index contributed by atoms with van der Waals surface area (Å²) >= 11 is 0. The molecule has 2 heterocycles. The van der Waals surface area contributed by atoms with E-state index in [1.54, 1.807) is 29.3 Å². The maximum atomic E-state index is 12.3. The molecule has 0 unspecified atom stereocenters. The molecule has 9 heteroatoms. The van der Waals surface area contributed by atoms with E-state index in [4.69, 9.17) is 0 Å². The van der Waals surface area contributed by atoms with Crippen molar-refractivity contribution in [3.8, 4) is 0 Å². The van der Waals surface area contributed by atoms with E-state index in [9.17, 15) is 19.7 Å². The maximum absolute atomic E-state index is 12.3. The number of likely N-dealkylation sites (tertiary alicyclic amines) is 1. The van der Waals surface area contributed by atoms with Crippen LogP contribution >= 0.6 is 0 Å². The van der Waals surface area contributed by atoms with Crippen LogP contribution in [0.15, 0.2) is 48.7 Å². The SMILES string of the molecule is O=C(NC1CCN(C(=O)Nc2ccc([N+](=O)[O-])cc2)CC1)c1ccccn1. The highest BCUT2D eigenvalue weighted by atomic mass is 16.6. The van der Waals surface area contributed by atoms with Crippen LogP contribution in [-0.4, -0.2) is 45.9 Å². The van der Waals surface area contributed by atoms with Gasteiger partial charge >= 0.3 is 6.03 Å². The number of pyridine rings is 1. The molecule has 1 fully saturated rings. The van der Waals surface area contributed by atoms with Gasteiger partial charge in [0.05, 0.1) is 4.92 Å². The second-order valence-electron chi connectivity index (χ2n) is 6.18. The maximum Gasteiger partial charge on any atom is 0.321 e. The summed E-state index contributed by atoms with van der Waals surface area (Å²) in [5.41, 5.74) is 0.837. The number of carbonyl (C=O) groups is 2. The van der Waals surface area contributed by atoms with Crippen LogP contribution in [0.3, 0.4) is 0 Å². The smallest absolute Gasteiger partial charge is 0.321 e. The average molecular weight is 369 g/mol. The summed E-state index contributed by atoms with van der Waals surface area (Å²) in [4.78, 5) is 40.3. The van der Waals surface area contributed by atoms with E-state index in [1.165, 1.54) is 24.3 Å². The monoisotopic (exact) mass is 369 g/mol. The van der Waals surface area contributed by atoms with Gasteiger partial charge in [-0.05, 0) is 37.1 Å². The fraction of sp³-hybridized carbons (Fsp3) is 0.278. The minimum absolute atomic E-state index is 0.0112. The van der Waals surface area contributed by atoms with Crippen LogP contribution in [-0.2, 0) is 0 Å².